The van der Waals surface area contributed by atoms with Crippen LogP contribution < -0.4 is 10.2 Å². The first-order chi connectivity index (χ1) is 12.4. The highest BCUT2D eigenvalue weighted by atomic mass is 16.4. The normalized spacial score (nSPS) is 10.7. The molecule has 0 aliphatic rings. The summed E-state index contributed by atoms with van der Waals surface area (Å²) >= 11 is 0. The fraction of sp³-hybridized carbons (Fsp3) is 0.263. The third-order valence-electron chi connectivity index (χ3n) is 3.79. The molecule has 1 amide bonds. The van der Waals surface area contributed by atoms with Crippen molar-refractivity contribution in [3.8, 4) is 0 Å². The number of carbonyl (C=O) groups excluding carboxylic acids is 1. The van der Waals surface area contributed by atoms with Crippen LogP contribution in [0.25, 0.3) is 0 Å². The van der Waals surface area contributed by atoms with Crippen molar-refractivity contribution in [3.63, 3.8) is 0 Å². The lowest BCUT2D eigenvalue weighted by Crippen LogP contribution is -2.21. The van der Waals surface area contributed by atoms with Gasteiger partial charge in [0, 0.05) is 25.7 Å². The standard InChI is InChI=1S/C19H22N4O3/c1-4-23(5-2)16-9-10-17(18(12-16)20-13(3)24)22-21-15-8-6-7-14(11-15)19(25)26/h6-12H,4-5H2,1-3H3,(H,20,24)(H,25,26). The largest absolute Gasteiger partial charge is 0.478 e. The number of aromatic carboxylic acids is 1. The van der Waals surface area contributed by atoms with Crippen molar-refractivity contribution in [1.29, 1.82) is 0 Å². The van der Waals surface area contributed by atoms with Crippen molar-refractivity contribution in [1.82, 2.24) is 0 Å². The second kappa shape index (κ2) is 8.75. The molecule has 0 spiro atoms. The van der Waals surface area contributed by atoms with Gasteiger partial charge in [0.15, 0.2) is 0 Å². The molecule has 0 saturated heterocycles. The SMILES string of the molecule is CCN(CC)c1ccc(N=Nc2cccc(C(=O)O)c2)c(NC(C)=O)c1. The molecule has 2 aromatic carbocycles. The topological polar surface area (TPSA) is 94.4 Å². The lowest BCUT2D eigenvalue weighted by molar-refractivity contribution is -0.114. The number of carboxylic acids is 1. The van der Waals surface area contributed by atoms with Gasteiger partial charge in [-0.1, -0.05) is 6.07 Å². The highest BCUT2D eigenvalue weighted by molar-refractivity contribution is 5.93. The Morgan fingerprint density at radius 1 is 1.08 bits per heavy atom. The van der Waals surface area contributed by atoms with Crippen LogP contribution in [0.5, 0.6) is 0 Å². The van der Waals surface area contributed by atoms with Gasteiger partial charge in [-0.05, 0) is 50.2 Å². The average molecular weight is 354 g/mol. The van der Waals surface area contributed by atoms with E-state index in [1.165, 1.54) is 19.1 Å². The van der Waals surface area contributed by atoms with Gasteiger partial charge < -0.3 is 15.3 Å². The zero-order valence-electron chi connectivity index (χ0n) is 15.1. The van der Waals surface area contributed by atoms with E-state index in [1.807, 2.05) is 12.1 Å². The summed E-state index contributed by atoms with van der Waals surface area (Å²) in [7, 11) is 0. The van der Waals surface area contributed by atoms with E-state index < -0.39 is 5.97 Å². The van der Waals surface area contributed by atoms with Gasteiger partial charge in [0.2, 0.25) is 5.91 Å². The maximum atomic E-state index is 11.5. The first-order valence-electron chi connectivity index (χ1n) is 8.36. The Kier molecular flexibility index (Phi) is 6.43. The van der Waals surface area contributed by atoms with Crippen LogP contribution in [-0.4, -0.2) is 30.1 Å². The van der Waals surface area contributed by atoms with E-state index in [9.17, 15) is 9.59 Å². The Labute approximate surface area is 152 Å². The highest BCUT2D eigenvalue weighted by Gasteiger charge is 2.09. The van der Waals surface area contributed by atoms with E-state index in [2.05, 4.69) is 34.3 Å². The van der Waals surface area contributed by atoms with E-state index >= 15 is 0 Å². The number of nitrogens with one attached hydrogen (secondary N) is 1. The van der Waals surface area contributed by atoms with E-state index in [1.54, 1.807) is 18.2 Å². The summed E-state index contributed by atoms with van der Waals surface area (Å²) in [5.41, 5.74) is 2.59. The number of rotatable bonds is 7. The summed E-state index contributed by atoms with van der Waals surface area (Å²) in [5, 5.41) is 20.1. The molecule has 7 nitrogen and oxygen atoms in total. The summed E-state index contributed by atoms with van der Waals surface area (Å²) in [6, 6.07) is 11.8. The number of nitrogens with zero attached hydrogens (tertiary/aromatic N) is 3. The number of carbonyl (C=O) groups is 2. The fourth-order valence-corrected chi connectivity index (χ4v) is 2.50. The smallest absolute Gasteiger partial charge is 0.335 e. The Morgan fingerprint density at radius 2 is 1.81 bits per heavy atom. The van der Waals surface area contributed by atoms with Gasteiger partial charge in [-0.15, -0.1) is 5.11 Å². The van der Waals surface area contributed by atoms with Crippen LogP contribution in [0.1, 0.15) is 31.1 Å². The summed E-state index contributed by atoms with van der Waals surface area (Å²) in [5.74, 6) is -1.23. The number of amides is 1. The molecule has 0 aromatic heterocycles. The van der Waals surface area contributed by atoms with Gasteiger partial charge in [-0.25, -0.2) is 4.79 Å². The van der Waals surface area contributed by atoms with Gasteiger partial charge in [0.1, 0.15) is 5.69 Å². The number of azo groups is 1. The van der Waals surface area contributed by atoms with Crippen LogP contribution in [0.4, 0.5) is 22.7 Å². The first-order valence-corrected chi connectivity index (χ1v) is 8.36. The number of anilines is 2. The number of carboxylic acid groups (broad SMARTS) is 1. The minimum atomic E-state index is -1.02. The molecule has 7 heteroatoms. The minimum absolute atomic E-state index is 0.139. The van der Waals surface area contributed by atoms with Crippen molar-refractivity contribution in [2.24, 2.45) is 10.2 Å². The van der Waals surface area contributed by atoms with E-state index in [-0.39, 0.29) is 11.5 Å². The third kappa shape index (κ3) is 4.89. The molecule has 2 aromatic rings. The maximum Gasteiger partial charge on any atom is 0.335 e. The minimum Gasteiger partial charge on any atom is -0.478 e. The van der Waals surface area contributed by atoms with Crippen molar-refractivity contribution in [2.45, 2.75) is 20.8 Å². The lowest BCUT2D eigenvalue weighted by Gasteiger charge is -2.22. The first kappa shape index (κ1) is 19.1. The van der Waals surface area contributed by atoms with Crippen LogP contribution in [0.15, 0.2) is 52.7 Å². The molecule has 0 saturated carbocycles. The Balaban J connectivity index is 2.36. The molecular formula is C19H22N4O3. The fourth-order valence-electron chi connectivity index (χ4n) is 2.50. The van der Waals surface area contributed by atoms with E-state index in [0.29, 0.717) is 17.1 Å². The van der Waals surface area contributed by atoms with Crippen LogP contribution in [0.2, 0.25) is 0 Å². The predicted octanol–water partition coefficient (Wildman–Crippen LogP) is 4.60. The molecule has 0 radical (unpaired) electrons. The number of benzene rings is 2. The van der Waals surface area contributed by atoms with E-state index in [4.69, 9.17) is 5.11 Å². The monoisotopic (exact) mass is 354 g/mol. The van der Waals surface area contributed by atoms with Gasteiger partial charge in [0.25, 0.3) is 0 Å². The molecular weight excluding hydrogens is 332 g/mol. The quantitative estimate of drug-likeness (QED) is 0.710. The molecule has 2 N–H and O–H groups in total. The molecule has 0 unspecified atom stereocenters. The zero-order chi connectivity index (χ0) is 19.1. The molecule has 136 valence electrons. The van der Waals surface area contributed by atoms with Crippen molar-refractivity contribution in [2.75, 3.05) is 23.3 Å². The van der Waals surface area contributed by atoms with Crippen molar-refractivity contribution < 1.29 is 14.7 Å². The van der Waals surface area contributed by atoms with Crippen LogP contribution >= 0.6 is 0 Å². The van der Waals surface area contributed by atoms with Crippen molar-refractivity contribution >= 4 is 34.6 Å². The van der Waals surface area contributed by atoms with Crippen molar-refractivity contribution in [3.05, 3.63) is 48.0 Å². The molecule has 0 aliphatic carbocycles. The van der Waals surface area contributed by atoms with Gasteiger partial charge in [0.05, 0.1) is 16.9 Å². The Hall–Kier alpha value is -3.22. The summed E-state index contributed by atoms with van der Waals surface area (Å²) in [6.07, 6.45) is 0. The molecule has 0 aliphatic heterocycles. The second-order valence-electron chi connectivity index (χ2n) is 5.61. The lowest BCUT2D eigenvalue weighted by atomic mass is 10.2. The van der Waals surface area contributed by atoms with Gasteiger partial charge >= 0.3 is 5.97 Å². The molecule has 2 rings (SSSR count). The predicted molar refractivity (Wildman–Crippen MR) is 102 cm³/mol. The summed E-state index contributed by atoms with van der Waals surface area (Å²) in [6.45, 7) is 7.24. The molecule has 26 heavy (non-hydrogen) atoms. The van der Waals surface area contributed by atoms with Gasteiger partial charge in [-0.3, -0.25) is 4.79 Å². The van der Waals surface area contributed by atoms with Crippen LogP contribution in [0, 0.1) is 0 Å². The molecule has 0 fully saturated rings. The second-order valence-corrected chi connectivity index (χ2v) is 5.61. The average Bonchev–Trinajstić information content (AvgIpc) is 2.62. The Morgan fingerprint density at radius 3 is 2.42 bits per heavy atom. The molecule has 0 heterocycles. The summed E-state index contributed by atoms with van der Waals surface area (Å²) < 4.78 is 0. The van der Waals surface area contributed by atoms with Gasteiger partial charge in [-0.2, -0.15) is 5.11 Å². The number of hydrogen-bond donors (Lipinski definition) is 2. The maximum absolute atomic E-state index is 11.5. The van der Waals surface area contributed by atoms with Crippen LogP contribution in [-0.2, 0) is 4.79 Å². The van der Waals surface area contributed by atoms with Crippen LogP contribution in [0.3, 0.4) is 0 Å². The van der Waals surface area contributed by atoms with E-state index in [0.717, 1.165) is 18.8 Å². The number of hydrogen-bond acceptors (Lipinski definition) is 5. The molecule has 0 atom stereocenters. The highest BCUT2D eigenvalue weighted by Crippen LogP contribution is 2.31. The summed E-state index contributed by atoms with van der Waals surface area (Å²) in [4.78, 5) is 24.7. The Bertz CT molecular complexity index is 829. The zero-order valence-corrected chi connectivity index (χ0v) is 15.1. The molecule has 0 bridgehead atoms. The third-order valence-corrected chi connectivity index (χ3v) is 3.79.